The van der Waals surface area contributed by atoms with E-state index in [2.05, 4.69) is 4.98 Å². The summed E-state index contributed by atoms with van der Waals surface area (Å²) in [7, 11) is 1.55. The van der Waals surface area contributed by atoms with Crippen molar-refractivity contribution in [2.45, 2.75) is 32.4 Å². The van der Waals surface area contributed by atoms with Gasteiger partial charge in [0.1, 0.15) is 19.2 Å². The summed E-state index contributed by atoms with van der Waals surface area (Å²) >= 11 is 0. The molecular formula is C10H17N3O4. The molecule has 0 saturated heterocycles. The Labute approximate surface area is 99.5 Å². The molecule has 0 saturated carbocycles. The first-order valence-electron chi connectivity index (χ1n) is 5.25. The fourth-order valence-corrected chi connectivity index (χ4v) is 1.33. The highest BCUT2D eigenvalue weighted by atomic mass is 16.7. The van der Waals surface area contributed by atoms with Crippen LogP contribution in [0, 0.1) is 10.1 Å². The third-order valence-electron chi connectivity index (χ3n) is 2.38. The molecule has 0 amide bonds. The van der Waals surface area contributed by atoms with E-state index in [4.69, 9.17) is 9.47 Å². The van der Waals surface area contributed by atoms with Gasteiger partial charge in [-0.05, 0) is 18.8 Å². The number of nitrogens with zero attached hydrogens (tertiary/aromatic N) is 3. The monoisotopic (exact) mass is 243 g/mol. The molecule has 0 unspecified atom stereocenters. The summed E-state index contributed by atoms with van der Waals surface area (Å²) in [4.78, 5) is 13.8. The SMILES string of the molecule is COCOC(C)(C)CCn1ccnc1[N+](=O)[O-]. The van der Waals surface area contributed by atoms with Crippen LogP contribution in [-0.4, -0.2) is 34.0 Å². The van der Waals surface area contributed by atoms with Gasteiger partial charge in [-0.15, -0.1) is 0 Å². The Bertz CT molecular complexity index is 375. The van der Waals surface area contributed by atoms with Crippen molar-refractivity contribution in [2.24, 2.45) is 0 Å². The Hall–Kier alpha value is -1.47. The minimum atomic E-state index is -0.497. The van der Waals surface area contributed by atoms with Gasteiger partial charge in [-0.2, -0.15) is 0 Å². The van der Waals surface area contributed by atoms with Crippen LogP contribution in [-0.2, 0) is 16.0 Å². The predicted molar refractivity (Wildman–Crippen MR) is 60.5 cm³/mol. The fourth-order valence-electron chi connectivity index (χ4n) is 1.33. The van der Waals surface area contributed by atoms with E-state index in [0.29, 0.717) is 13.0 Å². The molecule has 1 heterocycles. The van der Waals surface area contributed by atoms with E-state index >= 15 is 0 Å². The van der Waals surface area contributed by atoms with E-state index in [0.717, 1.165) is 0 Å². The van der Waals surface area contributed by atoms with Gasteiger partial charge in [0.15, 0.2) is 0 Å². The molecule has 0 aliphatic heterocycles. The second-order valence-corrected chi connectivity index (χ2v) is 4.24. The van der Waals surface area contributed by atoms with Crippen LogP contribution < -0.4 is 0 Å². The second kappa shape index (κ2) is 5.74. The quantitative estimate of drug-likeness (QED) is 0.412. The first-order chi connectivity index (χ1) is 7.96. The third kappa shape index (κ3) is 4.12. The van der Waals surface area contributed by atoms with Gasteiger partial charge in [0.05, 0.1) is 12.1 Å². The van der Waals surface area contributed by atoms with Gasteiger partial charge in [-0.25, -0.2) is 4.57 Å². The van der Waals surface area contributed by atoms with Crippen LogP contribution in [0.3, 0.4) is 0 Å². The molecule has 1 aromatic rings. The van der Waals surface area contributed by atoms with Crippen molar-refractivity contribution in [2.75, 3.05) is 13.9 Å². The van der Waals surface area contributed by atoms with E-state index in [1.165, 1.54) is 10.8 Å². The summed E-state index contributed by atoms with van der Waals surface area (Å²) in [6, 6.07) is 0. The molecule has 7 nitrogen and oxygen atoms in total. The van der Waals surface area contributed by atoms with Gasteiger partial charge in [-0.3, -0.25) is 0 Å². The normalized spacial score (nSPS) is 11.7. The zero-order chi connectivity index (χ0) is 12.9. The Kier molecular flexibility index (Phi) is 4.59. The lowest BCUT2D eigenvalue weighted by molar-refractivity contribution is -0.396. The van der Waals surface area contributed by atoms with Crippen molar-refractivity contribution < 1.29 is 14.4 Å². The summed E-state index contributed by atoms with van der Waals surface area (Å²) in [5.74, 6) is -0.146. The van der Waals surface area contributed by atoms with Gasteiger partial charge in [0.25, 0.3) is 0 Å². The summed E-state index contributed by atoms with van der Waals surface area (Å²) in [6.45, 7) is 4.51. The summed E-state index contributed by atoms with van der Waals surface area (Å²) in [5, 5.41) is 10.7. The zero-order valence-electron chi connectivity index (χ0n) is 10.3. The maximum Gasteiger partial charge on any atom is 0.434 e. The molecule has 0 bridgehead atoms. The summed E-state index contributed by atoms with van der Waals surface area (Å²) in [5.41, 5.74) is -0.395. The van der Waals surface area contributed by atoms with E-state index in [1.54, 1.807) is 13.3 Å². The number of ether oxygens (including phenoxy) is 2. The van der Waals surface area contributed by atoms with Crippen LogP contribution in [0.5, 0.6) is 0 Å². The fraction of sp³-hybridized carbons (Fsp3) is 0.700. The number of nitro groups is 1. The van der Waals surface area contributed by atoms with Crippen molar-refractivity contribution in [3.05, 3.63) is 22.5 Å². The predicted octanol–water partition coefficient (Wildman–Crippen LogP) is 1.58. The molecule has 0 radical (unpaired) electrons. The summed E-state index contributed by atoms with van der Waals surface area (Å²) in [6.07, 6.45) is 3.64. The molecule has 0 aliphatic carbocycles. The van der Waals surface area contributed by atoms with E-state index in [-0.39, 0.29) is 12.7 Å². The van der Waals surface area contributed by atoms with Crippen LogP contribution >= 0.6 is 0 Å². The van der Waals surface area contributed by atoms with Crippen molar-refractivity contribution in [3.63, 3.8) is 0 Å². The van der Waals surface area contributed by atoms with Crippen LogP contribution in [0.2, 0.25) is 0 Å². The Morgan fingerprint density at radius 1 is 1.59 bits per heavy atom. The van der Waals surface area contributed by atoms with Gasteiger partial charge >= 0.3 is 5.95 Å². The first kappa shape index (κ1) is 13.6. The van der Waals surface area contributed by atoms with Crippen LogP contribution in [0.25, 0.3) is 0 Å². The molecule has 17 heavy (non-hydrogen) atoms. The summed E-state index contributed by atoms with van der Waals surface area (Å²) < 4.78 is 11.8. The Morgan fingerprint density at radius 2 is 2.29 bits per heavy atom. The number of hydrogen-bond acceptors (Lipinski definition) is 5. The number of methoxy groups -OCH3 is 1. The minimum Gasteiger partial charge on any atom is -0.390 e. The molecule has 7 heteroatoms. The van der Waals surface area contributed by atoms with Gasteiger partial charge in [-0.1, -0.05) is 4.98 Å². The minimum absolute atomic E-state index is 0.146. The number of aryl methyl sites for hydroxylation is 1. The van der Waals surface area contributed by atoms with Gasteiger partial charge in [0.2, 0.25) is 0 Å². The maximum absolute atomic E-state index is 10.7. The molecule has 96 valence electrons. The van der Waals surface area contributed by atoms with Crippen molar-refractivity contribution >= 4 is 5.95 Å². The first-order valence-corrected chi connectivity index (χ1v) is 5.25. The Morgan fingerprint density at radius 3 is 2.88 bits per heavy atom. The van der Waals surface area contributed by atoms with E-state index in [9.17, 15) is 10.1 Å². The molecule has 0 atom stereocenters. The van der Waals surface area contributed by atoms with Crippen LogP contribution in [0.15, 0.2) is 12.4 Å². The van der Waals surface area contributed by atoms with Crippen LogP contribution in [0.1, 0.15) is 20.3 Å². The number of rotatable bonds is 7. The molecular weight excluding hydrogens is 226 g/mol. The molecule has 0 fully saturated rings. The molecule has 0 spiro atoms. The Balaban J connectivity index is 2.54. The van der Waals surface area contributed by atoms with Crippen LogP contribution in [0.4, 0.5) is 5.95 Å². The highest BCUT2D eigenvalue weighted by Crippen LogP contribution is 2.17. The van der Waals surface area contributed by atoms with Crippen molar-refractivity contribution in [3.8, 4) is 0 Å². The zero-order valence-corrected chi connectivity index (χ0v) is 10.3. The lowest BCUT2D eigenvalue weighted by Crippen LogP contribution is -2.27. The molecule has 0 N–H and O–H groups in total. The van der Waals surface area contributed by atoms with E-state index < -0.39 is 10.5 Å². The van der Waals surface area contributed by atoms with Crippen molar-refractivity contribution in [1.29, 1.82) is 0 Å². The standard InChI is InChI=1S/C10H17N3O4/c1-10(2,17-8-16-3)4-6-12-7-5-11-9(12)13(14)15/h5,7H,4,6,8H2,1-3H3. The average Bonchev–Trinajstić information content (AvgIpc) is 2.72. The smallest absolute Gasteiger partial charge is 0.390 e. The van der Waals surface area contributed by atoms with Crippen molar-refractivity contribution in [1.82, 2.24) is 9.55 Å². The number of hydrogen-bond donors (Lipinski definition) is 0. The highest BCUT2D eigenvalue weighted by Gasteiger charge is 2.21. The lowest BCUT2D eigenvalue weighted by Gasteiger charge is -2.24. The van der Waals surface area contributed by atoms with Gasteiger partial charge < -0.3 is 19.6 Å². The topological polar surface area (TPSA) is 79.4 Å². The van der Waals surface area contributed by atoms with E-state index in [1.807, 2.05) is 13.8 Å². The van der Waals surface area contributed by atoms with Gasteiger partial charge in [0, 0.05) is 13.5 Å². The average molecular weight is 243 g/mol. The molecule has 1 aromatic heterocycles. The molecule has 1 rings (SSSR count). The molecule has 0 aliphatic rings. The highest BCUT2D eigenvalue weighted by molar-refractivity contribution is 5.06. The largest absolute Gasteiger partial charge is 0.434 e. The maximum atomic E-state index is 10.7. The molecule has 0 aromatic carbocycles. The third-order valence-corrected chi connectivity index (χ3v) is 2.38. The lowest BCUT2D eigenvalue weighted by atomic mass is 10.1. The number of imidazole rings is 1. The number of aromatic nitrogens is 2. The second-order valence-electron chi connectivity index (χ2n) is 4.24.